The van der Waals surface area contributed by atoms with E-state index >= 15 is 0 Å². The zero-order valence-electron chi connectivity index (χ0n) is 10.3. The van der Waals surface area contributed by atoms with Crippen LogP contribution in [0.25, 0.3) is 0 Å². The van der Waals surface area contributed by atoms with Crippen molar-refractivity contribution in [2.24, 2.45) is 5.41 Å². The molecule has 92 valence electrons. The van der Waals surface area contributed by atoms with Gasteiger partial charge >= 0.3 is 0 Å². The van der Waals surface area contributed by atoms with Gasteiger partial charge in [-0.3, -0.25) is 4.79 Å². The van der Waals surface area contributed by atoms with Crippen molar-refractivity contribution in [3.8, 4) is 0 Å². The van der Waals surface area contributed by atoms with Gasteiger partial charge in [0.25, 0.3) is 0 Å². The Morgan fingerprint density at radius 1 is 1.29 bits per heavy atom. The summed E-state index contributed by atoms with van der Waals surface area (Å²) >= 11 is 0. The number of hydrogen-bond donors (Lipinski definition) is 1. The molecule has 0 radical (unpaired) electrons. The summed E-state index contributed by atoms with van der Waals surface area (Å²) in [7, 11) is 0. The van der Waals surface area contributed by atoms with E-state index in [4.69, 9.17) is 0 Å². The molecular formula is C13H17FN2O. The van der Waals surface area contributed by atoms with Crippen LogP contribution < -0.4 is 10.4 Å². The van der Waals surface area contributed by atoms with Gasteiger partial charge in [0.2, 0.25) is 5.91 Å². The number of halogens is 1. The van der Waals surface area contributed by atoms with Gasteiger partial charge in [0.15, 0.2) is 0 Å². The van der Waals surface area contributed by atoms with Crippen molar-refractivity contribution in [2.45, 2.75) is 33.2 Å². The van der Waals surface area contributed by atoms with Crippen LogP contribution in [0.4, 0.5) is 10.1 Å². The molecule has 1 fully saturated rings. The van der Waals surface area contributed by atoms with Gasteiger partial charge in [0.1, 0.15) is 5.82 Å². The van der Waals surface area contributed by atoms with Crippen molar-refractivity contribution in [1.82, 2.24) is 5.43 Å². The minimum absolute atomic E-state index is 0.0183. The molecule has 1 aliphatic rings. The maximum Gasteiger partial charge on any atom is 0.243 e. The Kier molecular flexibility index (Phi) is 2.91. The van der Waals surface area contributed by atoms with Crippen molar-refractivity contribution in [3.05, 3.63) is 30.1 Å². The fourth-order valence-electron chi connectivity index (χ4n) is 1.85. The molecule has 1 saturated heterocycles. The average Bonchev–Trinajstić information content (AvgIpc) is 2.61. The Balaban J connectivity index is 2.19. The second-order valence-corrected chi connectivity index (χ2v) is 5.46. The van der Waals surface area contributed by atoms with E-state index in [1.807, 2.05) is 0 Å². The summed E-state index contributed by atoms with van der Waals surface area (Å²) in [5.41, 5.74) is 3.88. The van der Waals surface area contributed by atoms with Gasteiger partial charge in [0, 0.05) is 12.5 Å². The highest BCUT2D eigenvalue weighted by atomic mass is 19.1. The van der Waals surface area contributed by atoms with Crippen LogP contribution in [0.15, 0.2) is 24.3 Å². The average molecular weight is 236 g/mol. The number of rotatable bonds is 1. The third-order valence-corrected chi connectivity index (χ3v) is 3.04. The van der Waals surface area contributed by atoms with Crippen LogP contribution in [-0.4, -0.2) is 11.9 Å². The Morgan fingerprint density at radius 2 is 1.88 bits per heavy atom. The van der Waals surface area contributed by atoms with Crippen LogP contribution in [0.3, 0.4) is 0 Å². The van der Waals surface area contributed by atoms with Gasteiger partial charge in [-0.15, -0.1) is 0 Å². The number of carbonyl (C=O) groups is 1. The molecule has 0 saturated carbocycles. The second kappa shape index (κ2) is 4.11. The minimum atomic E-state index is -0.298. The molecule has 0 bridgehead atoms. The number of amides is 1. The summed E-state index contributed by atoms with van der Waals surface area (Å²) in [6, 6.07) is 6.03. The van der Waals surface area contributed by atoms with Crippen molar-refractivity contribution < 1.29 is 9.18 Å². The van der Waals surface area contributed by atoms with Gasteiger partial charge in [-0.2, -0.15) is 0 Å². The number of hydrazine groups is 1. The Hall–Kier alpha value is -1.42. The lowest BCUT2D eigenvalue weighted by Crippen LogP contribution is -2.42. The highest BCUT2D eigenvalue weighted by molar-refractivity contribution is 5.94. The topological polar surface area (TPSA) is 32.3 Å². The van der Waals surface area contributed by atoms with Crippen molar-refractivity contribution in [3.63, 3.8) is 0 Å². The number of benzene rings is 1. The predicted octanol–water partition coefficient (Wildman–Crippen LogP) is 2.48. The molecule has 1 aliphatic heterocycles. The lowest BCUT2D eigenvalue weighted by molar-refractivity contribution is -0.117. The lowest BCUT2D eigenvalue weighted by Gasteiger charge is -2.27. The van der Waals surface area contributed by atoms with E-state index in [0.29, 0.717) is 12.1 Å². The van der Waals surface area contributed by atoms with Crippen LogP contribution in [-0.2, 0) is 4.79 Å². The third kappa shape index (κ3) is 2.47. The first kappa shape index (κ1) is 12.0. The Morgan fingerprint density at radius 3 is 2.35 bits per heavy atom. The first-order chi connectivity index (χ1) is 7.88. The molecule has 1 atom stereocenters. The van der Waals surface area contributed by atoms with Gasteiger partial charge in [-0.25, -0.2) is 14.8 Å². The number of nitrogens with zero attached hydrogens (tertiary/aromatic N) is 1. The van der Waals surface area contributed by atoms with Crippen molar-refractivity contribution in [2.75, 3.05) is 5.01 Å². The molecule has 1 aromatic rings. The number of carbonyl (C=O) groups excluding carboxylic acids is 1. The van der Waals surface area contributed by atoms with Gasteiger partial charge < -0.3 is 0 Å². The minimum Gasteiger partial charge on any atom is -0.273 e. The van der Waals surface area contributed by atoms with Crippen LogP contribution in [0, 0.1) is 11.2 Å². The van der Waals surface area contributed by atoms with Gasteiger partial charge in [-0.1, -0.05) is 20.8 Å². The van der Waals surface area contributed by atoms with E-state index < -0.39 is 0 Å². The highest BCUT2D eigenvalue weighted by Gasteiger charge is 2.37. The number of nitrogens with one attached hydrogen (secondary N) is 1. The molecule has 1 unspecified atom stereocenters. The van der Waals surface area contributed by atoms with Crippen LogP contribution in [0.5, 0.6) is 0 Å². The van der Waals surface area contributed by atoms with Crippen molar-refractivity contribution in [1.29, 1.82) is 0 Å². The molecule has 1 amide bonds. The zero-order valence-corrected chi connectivity index (χ0v) is 10.3. The summed E-state index contributed by atoms with van der Waals surface area (Å²) in [4.78, 5) is 11.9. The molecule has 1 heterocycles. The monoisotopic (exact) mass is 236 g/mol. The van der Waals surface area contributed by atoms with E-state index in [1.54, 1.807) is 12.1 Å². The van der Waals surface area contributed by atoms with Crippen molar-refractivity contribution >= 4 is 11.6 Å². The Labute approximate surface area is 101 Å². The third-order valence-electron chi connectivity index (χ3n) is 3.04. The second-order valence-electron chi connectivity index (χ2n) is 5.46. The lowest BCUT2D eigenvalue weighted by atomic mass is 9.86. The first-order valence-electron chi connectivity index (χ1n) is 5.72. The normalized spacial score (nSPS) is 21.1. The molecule has 1 N–H and O–H groups in total. The summed E-state index contributed by atoms with van der Waals surface area (Å²) in [6.07, 6.45) is 0.473. The highest BCUT2D eigenvalue weighted by Crippen LogP contribution is 2.28. The molecule has 2 rings (SSSR count). The summed E-state index contributed by atoms with van der Waals surface area (Å²) in [6.45, 7) is 6.27. The summed E-state index contributed by atoms with van der Waals surface area (Å²) < 4.78 is 12.8. The van der Waals surface area contributed by atoms with E-state index in [-0.39, 0.29) is 23.2 Å². The molecule has 0 aliphatic carbocycles. The van der Waals surface area contributed by atoms with E-state index in [1.165, 1.54) is 17.1 Å². The maximum absolute atomic E-state index is 12.8. The maximum atomic E-state index is 12.8. The van der Waals surface area contributed by atoms with Crippen LogP contribution in [0.2, 0.25) is 0 Å². The smallest absolute Gasteiger partial charge is 0.243 e. The standard InChI is InChI=1S/C13H17FN2O/c1-13(2,3)11-8-12(17)16(15-11)10-6-4-9(14)5-7-10/h4-7,11,15H,8H2,1-3H3. The van der Waals surface area contributed by atoms with Crippen LogP contribution in [0.1, 0.15) is 27.2 Å². The van der Waals surface area contributed by atoms with E-state index in [2.05, 4.69) is 26.2 Å². The summed E-state index contributed by atoms with van der Waals surface area (Å²) in [5, 5.41) is 1.51. The quantitative estimate of drug-likeness (QED) is 0.812. The molecule has 17 heavy (non-hydrogen) atoms. The largest absolute Gasteiger partial charge is 0.273 e. The molecule has 4 heteroatoms. The number of anilines is 1. The molecular weight excluding hydrogens is 219 g/mol. The fourth-order valence-corrected chi connectivity index (χ4v) is 1.85. The van der Waals surface area contributed by atoms with E-state index in [9.17, 15) is 9.18 Å². The SMILES string of the molecule is CC(C)(C)C1CC(=O)N(c2ccc(F)cc2)N1. The number of hydrogen-bond acceptors (Lipinski definition) is 2. The van der Waals surface area contributed by atoms with Gasteiger partial charge in [0.05, 0.1) is 5.69 Å². The fraction of sp³-hybridized carbons (Fsp3) is 0.462. The first-order valence-corrected chi connectivity index (χ1v) is 5.72. The summed E-state index contributed by atoms with van der Waals surface area (Å²) in [5.74, 6) is -0.274. The predicted molar refractivity (Wildman–Crippen MR) is 64.9 cm³/mol. The molecule has 3 nitrogen and oxygen atoms in total. The zero-order chi connectivity index (χ0) is 12.6. The molecule has 0 spiro atoms. The molecule has 0 aromatic heterocycles. The van der Waals surface area contributed by atoms with Gasteiger partial charge in [-0.05, 0) is 29.7 Å². The molecule has 1 aromatic carbocycles. The Bertz CT molecular complexity index is 422. The van der Waals surface area contributed by atoms with Crippen LogP contribution >= 0.6 is 0 Å². The van der Waals surface area contributed by atoms with E-state index in [0.717, 1.165) is 0 Å².